The van der Waals surface area contributed by atoms with Crippen LogP contribution in [0.2, 0.25) is 5.02 Å². The van der Waals surface area contributed by atoms with E-state index in [0.717, 1.165) is 25.1 Å². The second-order valence-electron chi connectivity index (χ2n) is 5.27. The largest absolute Gasteiger partial charge is 0.495 e. The van der Waals surface area contributed by atoms with Crippen molar-refractivity contribution in [1.82, 2.24) is 4.90 Å². The number of halogens is 1. The van der Waals surface area contributed by atoms with Crippen LogP contribution in [0, 0.1) is 0 Å². The zero-order valence-electron chi connectivity index (χ0n) is 12.0. The van der Waals surface area contributed by atoms with Crippen molar-refractivity contribution >= 4 is 11.6 Å². The lowest BCUT2D eigenvalue weighted by Crippen LogP contribution is -2.45. The molecule has 0 aliphatic carbocycles. The smallest absolute Gasteiger partial charge is 0.137 e. The van der Waals surface area contributed by atoms with E-state index in [1.807, 2.05) is 24.3 Å². The Morgan fingerprint density at radius 1 is 1.55 bits per heavy atom. The average Bonchev–Trinajstić information content (AvgIpc) is 2.48. The van der Waals surface area contributed by atoms with Crippen LogP contribution in [0.25, 0.3) is 0 Å². The molecule has 2 atom stereocenters. The highest BCUT2D eigenvalue weighted by Gasteiger charge is 2.28. The Hall–Kier alpha value is -1.03. The van der Waals surface area contributed by atoms with Gasteiger partial charge in [0.1, 0.15) is 5.75 Å². The first-order valence-electron chi connectivity index (χ1n) is 7.11. The first kappa shape index (κ1) is 15.4. The maximum Gasteiger partial charge on any atom is 0.137 e. The highest BCUT2D eigenvalue weighted by Crippen LogP contribution is 2.31. The Kier molecular flexibility index (Phi) is 5.46. The van der Waals surface area contributed by atoms with Gasteiger partial charge in [0, 0.05) is 18.6 Å². The average molecular weight is 295 g/mol. The van der Waals surface area contributed by atoms with Crippen LogP contribution in [0.5, 0.6) is 5.75 Å². The van der Waals surface area contributed by atoms with Crippen LogP contribution in [0.3, 0.4) is 0 Å². The van der Waals surface area contributed by atoms with Crippen molar-refractivity contribution < 1.29 is 4.74 Å². The molecular formula is C16H23ClN2O. The number of hydrogen-bond acceptors (Lipinski definition) is 3. The summed E-state index contributed by atoms with van der Waals surface area (Å²) in [7, 11) is 1.63. The first-order chi connectivity index (χ1) is 9.67. The van der Waals surface area contributed by atoms with E-state index in [2.05, 4.69) is 11.5 Å². The van der Waals surface area contributed by atoms with Crippen LogP contribution in [0.4, 0.5) is 0 Å². The molecule has 0 bridgehead atoms. The molecule has 20 heavy (non-hydrogen) atoms. The molecule has 0 radical (unpaired) electrons. The van der Waals surface area contributed by atoms with E-state index in [1.54, 1.807) is 7.11 Å². The molecule has 1 heterocycles. The van der Waals surface area contributed by atoms with Crippen molar-refractivity contribution in [3.05, 3.63) is 41.4 Å². The summed E-state index contributed by atoms with van der Waals surface area (Å²) in [6.07, 6.45) is 5.55. The molecule has 110 valence electrons. The topological polar surface area (TPSA) is 38.5 Å². The van der Waals surface area contributed by atoms with E-state index in [1.165, 1.54) is 12.8 Å². The first-order valence-corrected chi connectivity index (χ1v) is 7.49. The van der Waals surface area contributed by atoms with Gasteiger partial charge in [0.05, 0.1) is 12.1 Å². The van der Waals surface area contributed by atoms with Crippen molar-refractivity contribution in [2.24, 2.45) is 5.73 Å². The van der Waals surface area contributed by atoms with Crippen molar-refractivity contribution in [3.8, 4) is 5.75 Å². The molecule has 2 rings (SSSR count). The number of piperidine rings is 1. The molecule has 0 saturated carbocycles. The normalized spacial score (nSPS) is 21.4. The van der Waals surface area contributed by atoms with E-state index in [0.29, 0.717) is 16.8 Å². The Balaban J connectivity index is 2.19. The number of hydrogen-bond donors (Lipinski definition) is 1. The summed E-state index contributed by atoms with van der Waals surface area (Å²) >= 11 is 6.08. The molecule has 2 N–H and O–H groups in total. The maximum absolute atomic E-state index is 6.49. The van der Waals surface area contributed by atoms with Gasteiger partial charge in [-0.1, -0.05) is 30.2 Å². The van der Waals surface area contributed by atoms with Gasteiger partial charge in [0.2, 0.25) is 0 Å². The quantitative estimate of drug-likeness (QED) is 0.846. The lowest BCUT2D eigenvalue weighted by Gasteiger charge is -2.38. The zero-order valence-corrected chi connectivity index (χ0v) is 12.8. The lowest BCUT2D eigenvalue weighted by atomic mass is 9.91. The minimum atomic E-state index is -0.0265. The van der Waals surface area contributed by atoms with Gasteiger partial charge in [-0.2, -0.15) is 0 Å². The number of methoxy groups -OCH3 is 1. The lowest BCUT2D eigenvalue weighted by molar-refractivity contribution is 0.141. The maximum atomic E-state index is 6.49. The monoisotopic (exact) mass is 294 g/mol. The van der Waals surface area contributed by atoms with Crippen LogP contribution in [-0.2, 0) is 0 Å². The summed E-state index contributed by atoms with van der Waals surface area (Å²) < 4.78 is 5.28. The van der Waals surface area contributed by atoms with E-state index < -0.39 is 0 Å². The second-order valence-corrected chi connectivity index (χ2v) is 5.67. The summed E-state index contributed by atoms with van der Waals surface area (Å²) in [6, 6.07) is 6.13. The molecule has 1 aromatic carbocycles. The molecule has 0 spiro atoms. The van der Waals surface area contributed by atoms with Gasteiger partial charge in [0.15, 0.2) is 0 Å². The molecule has 1 aliphatic rings. The Morgan fingerprint density at radius 3 is 3.05 bits per heavy atom. The number of nitrogens with zero attached hydrogens (tertiary/aromatic N) is 1. The minimum Gasteiger partial charge on any atom is -0.495 e. The Morgan fingerprint density at radius 2 is 2.35 bits per heavy atom. The van der Waals surface area contributed by atoms with Gasteiger partial charge in [-0.3, -0.25) is 4.90 Å². The standard InChI is InChI=1S/C16H23ClN2O/c1-3-9-19-10-5-4-6-14(19)16(18)12-7-8-13(17)15(11-12)20-2/h3,7-8,11,14,16H,1,4-6,9-10,18H2,2H3. The third kappa shape index (κ3) is 3.35. The predicted molar refractivity (Wildman–Crippen MR) is 84.3 cm³/mol. The Labute approximate surface area is 126 Å². The number of rotatable bonds is 5. The SMILES string of the molecule is C=CCN1CCCCC1C(N)c1ccc(Cl)c(OC)c1. The predicted octanol–water partition coefficient (Wildman–Crippen LogP) is 3.39. The van der Waals surface area contributed by atoms with Crippen LogP contribution in [0.15, 0.2) is 30.9 Å². The summed E-state index contributed by atoms with van der Waals surface area (Å²) in [5.74, 6) is 0.686. The zero-order chi connectivity index (χ0) is 14.5. The fraction of sp³-hybridized carbons (Fsp3) is 0.500. The molecule has 0 aromatic heterocycles. The van der Waals surface area contributed by atoms with Crippen molar-refractivity contribution in [2.75, 3.05) is 20.2 Å². The molecule has 0 amide bonds. The van der Waals surface area contributed by atoms with Crippen molar-refractivity contribution in [2.45, 2.75) is 31.3 Å². The fourth-order valence-corrected chi connectivity index (χ4v) is 3.12. The van der Waals surface area contributed by atoms with E-state index in [9.17, 15) is 0 Å². The van der Waals surface area contributed by atoms with Crippen LogP contribution in [0.1, 0.15) is 30.9 Å². The molecule has 1 fully saturated rings. The van der Waals surface area contributed by atoms with Gasteiger partial charge in [0.25, 0.3) is 0 Å². The van der Waals surface area contributed by atoms with Gasteiger partial charge >= 0.3 is 0 Å². The fourth-order valence-electron chi connectivity index (χ4n) is 2.92. The summed E-state index contributed by atoms with van der Waals surface area (Å²) in [4.78, 5) is 2.42. The Bertz CT molecular complexity index is 464. The van der Waals surface area contributed by atoms with Gasteiger partial charge in [-0.25, -0.2) is 0 Å². The minimum absolute atomic E-state index is 0.0265. The summed E-state index contributed by atoms with van der Waals surface area (Å²) in [5, 5.41) is 0.620. The highest BCUT2D eigenvalue weighted by molar-refractivity contribution is 6.32. The highest BCUT2D eigenvalue weighted by atomic mass is 35.5. The third-order valence-electron chi connectivity index (χ3n) is 4.00. The van der Waals surface area contributed by atoms with E-state index >= 15 is 0 Å². The molecule has 2 unspecified atom stereocenters. The molecule has 4 heteroatoms. The van der Waals surface area contributed by atoms with E-state index in [4.69, 9.17) is 22.1 Å². The molecule has 1 aliphatic heterocycles. The molecular weight excluding hydrogens is 272 g/mol. The van der Waals surface area contributed by atoms with Crippen LogP contribution in [-0.4, -0.2) is 31.1 Å². The van der Waals surface area contributed by atoms with E-state index in [-0.39, 0.29) is 6.04 Å². The van der Waals surface area contributed by atoms with Gasteiger partial charge in [-0.05, 0) is 37.1 Å². The van der Waals surface area contributed by atoms with Gasteiger partial charge in [-0.15, -0.1) is 6.58 Å². The molecule has 1 saturated heterocycles. The van der Waals surface area contributed by atoms with Crippen LogP contribution >= 0.6 is 11.6 Å². The number of ether oxygens (including phenoxy) is 1. The van der Waals surface area contributed by atoms with Gasteiger partial charge < -0.3 is 10.5 Å². The number of likely N-dealkylation sites (tertiary alicyclic amines) is 1. The van der Waals surface area contributed by atoms with Crippen LogP contribution < -0.4 is 10.5 Å². The van der Waals surface area contributed by atoms with Crippen molar-refractivity contribution in [3.63, 3.8) is 0 Å². The van der Waals surface area contributed by atoms with Crippen molar-refractivity contribution in [1.29, 1.82) is 0 Å². The second kappa shape index (κ2) is 7.11. The molecule has 1 aromatic rings. The number of nitrogens with two attached hydrogens (primary N) is 1. The molecule has 3 nitrogen and oxygen atoms in total. The third-order valence-corrected chi connectivity index (χ3v) is 4.31. The summed E-state index contributed by atoms with van der Waals surface area (Å²) in [6.45, 7) is 5.82. The summed E-state index contributed by atoms with van der Waals surface area (Å²) in [5.41, 5.74) is 7.57. The number of benzene rings is 1.